The standard InChI is InChI=1S/C22H30N4O2/c1-16(22(12-6-7-13-22)19-8-4-3-5-9-19)23-21(27)26-14-10-18(11-15-26)20-24-17(2)25-28-20/h3-5,8-9,16,18H,6-7,10-15H2,1-2H3,(H,23,27). The van der Waals surface area contributed by atoms with Crippen molar-refractivity contribution in [3.05, 3.63) is 47.6 Å². The van der Waals surface area contributed by atoms with Gasteiger partial charge in [-0.25, -0.2) is 4.79 Å². The minimum atomic E-state index is 0.0508. The molecule has 28 heavy (non-hydrogen) atoms. The van der Waals surface area contributed by atoms with E-state index in [-0.39, 0.29) is 23.4 Å². The molecule has 6 nitrogen and oxygen atoms in total. The first-order valence-corrected chi connectivity index (χ1v) is 10.5. The van der Waals surface area contributed by atoms with Gasteiger partial charge in [-0.15, -0.1) is 0 Å². The molecule has 1 unspecified atom stereocenters. The van der Waals surface area contributed by atoms with Crippen LogP contribution in [-0.4, -0.2) is 40.2 Å². The first-order valence-electron chi connectivity index (χ1n) is 10.5. The van der Waals surface area contributed by atoms with Gasteiger partial charge in [-0.05, 0) is 45.1 Å². The lowest BCUT2D eigenvalue weighted by molar-refractivity contribution is 0.166. The zero-order chi connectivity index (χ0) is 19.6. The second kappa shape index (κ2) is 7.94. The molecule has 6 heteroatoms. The summed E-state index contributed by atoms with van der Waals surface area (Å²) in [5, 5.41) is 7.21. The number of amides is 2. The molecule has 2 fully saturated rings. The van der Waals surface area contributed by atoms with Crippen LogP contribution < -0.4 is 5.32 Å². The van der Waals surface area contributed by atoms with Crippen molar-refractivity contribution in [2.75, 3.05) is 13.1 Å². The molecule has 1 aromatic carbocycles. The van der Waals surface area contributed by atoms with Gasteiger partial charge in [-0.3, -0.25) is 0 Å². The van der Waals surface area contributed by atoms with Crippen LogP contribution >= 0.6 is 0 Å². The normalized spacial score (nSPS) is 20.9. The summed E-state index contributed by atoms with van der Waals surface area (Å²) in [4.78, 5) is 19.2. The number of likely N-dealkylation sites (tertiary alicyclic amines) is 1. The number of hydrogen-bond donors (Lipinski definition) is 1. The van der Waals surface area contributed by atoms with Crippen molar-refractivity contribution in [2.24, 2.45) is 0 Å². The monoisotopic (exact) mass is 382 g/mol. The Hall–Kier alpha value is -2.37. The number of nitrogens with zero attached hydrogens (tertiary/aromatic N) is 3. The van der Waals surface area contributed by atoms with Crippen molar-refractivity contribution in [1.82, 2.24) is 20.4 Å². The van der Waals surface area contributed by atoms with E-state index in [1.807, 2.05) is 11.8 Å². The Labute approximate surface area is 166 Å². The molecule has 0 radical (unpaired) electrons. The maximum atomic E-state index is 12.9. The Morgan fingerprint density at radius 3 is 2.50 bits per heavy atom. The molecule has 4 rings (SSSR count). The number of benzene rings is 1. The molecular weight excluding hydrogens is 352 g/mol. The predicted molar refractivity (Wildman–Crippen MR) is 107 cm³/mol. The fourth-order valence-corrected chi connectivity index (χ4v) is 4.97. The zero-order valence-corrected chi connectivity index (χ0v) is 16.9. The Balaban J connectivity index is 1.38. The average molecular weight is 383 g/mol. The van der Waals surface area contributed by atoms with E-state index in [4.69, 9.17) is 4.52 Å². The molecule has 1 saturated heterocycles. The summed E-state index contributed by atoms with van der Waals surface area (Å²) in [7, 11) is 0. The smallest absolute Gasteiger partial charge is 0.317 e. The highest BCUT2D eigenvalue weighted by atomic mass is 16.5. The summed E-state index contributed by atoms with van der Waals surface area (Å²) < 4.78 is 5.31. The summed E-state index contributed by atoms with van der Waals surface area (Å²) in [6.07, 6.45) is 6.46. The largest absolute Gasteiger partial charge is 0.339 e. The number of piperidine rings is 1. The van der Waals surface area contributed by atoms with Crippen LogP contribution in [0.25, 0.3) is 0 Å². The molecule has 1 saturated carbocycles. The molecule has 2 amide bonds. The van der Waals surface area contributed by atoms with Gasteiger partial charge in [0, 0.05) is 30.5 Å². The molecule has 2 heterocycles. The van der Waals surface area contributed by atoms with Crippen LogP contribution in [-0.2, 0) is 5.41 Å². The number of aryl methyl sites for hydroxylation is 1. The Morgan fingerprint density at radius 2 is 1.89 bits per heavy atom. The van der Waals surface area contributed by atoms with Gasteiger partial charge in [0.25, 0.3) is 0 Å². The maximum absolute atomic E-state index is 12.9. The third-order valence-electron chi connectivity index (χ3n) is 6.69. The molecule has 1 aromatic heterocycles. The molecule has 150 valence electrons. The van der Waals surface area contributed by atoms with E-state index >= 15 is 0 Å². The van der Waals surface area contributed by atoms with Crippen molar-refractivity contribution in [2.45, 2.75) is 69.7 Å². The number of aromatic nitrogens is 2. The van der Waals surface area contributed by atoms with Crippen LogP contribution in [0.2, 0.25) is 0 Å². The zero-order valence-electron chi connectivity index (χ0n) is 16.9. The molecule has 2 aliphatic rings. The van der Waals surface area contributed by atoms with Crippen LogP contribution in [0, 0.1) is 6.92 Å². The highest BCUT2D eigenvalue weighted by Crippen LogP contribution is 2.43. The second-order valence-electron chi connectivity index (χ2n) is 8.34. The first kappa shape index (κ1) is 19.0. The summed E-state index contributed by atoms with van der Waals surface area (Å²) in [5.41, 5.74) is 1.40. The lowest BCUT2D eigenvalue weighted by Crippen LogP contribution is -2.53. The topological polar surface area (TPSA) is 71.3 Å². The lowest BCUT2D eigenvalue weighted by Gasteiger charge is -2.39. The molecule has 0 spiro atoms. The van der Waals surface area contributed by atoms with Gasteiger partial charge in [-0.2, -0.15) is 4.98 Å². The number of carbonyl (C=O) groups excluding carboxylic acids is 1. The lowest BCUT2D eigenvalue weighted by atomic mass is 9.73. The van der Waals surface area contributed by atoms with E-state index in [2.05, 4.69) is 52.7 Å². The number of urea groups is 1. The minimum Gasteiger partial charge on any atom is -0.339 e. The minimum absolute atomic E-state index is 0.0508. The molecule has 1 N–H and O–H groups in total. The Bertz CT molecular complexity index is 790. The van der Waals surface area contributed by atoms with E-state index in [0.717, 1.165) is 38.8 Å². The van der Waals surface area contributed by atoms with Crippen molar-refractivity contribution >= 4 is 6.03 Å². The second-order valence-corrected chi connectivity index (χ2v) is 8.34. The number of carbonyl (C=O) groups is 1. The summed E-state index contributed by atoms with van der Waals surface area (Å²) in [5.74, 6) is 1.64. The van der Waals surface area contributed by atoms with Crippen molar-refractivity contribution < 1.29 is 9.32 Å². The quantitative estimate of drug-likeness (QED) is 0.862. The van der Waals surface area contributed by atoms with Crippen LogP contribution in [0.5, 0.6) is 0 Å². The van der Waals surface area contributed by atoms with Crippen molar-refractivity contribution in [1.29, 1.82) is 0 Å². The van der Waals surface area contributed by atoms with Gasteiger partial charge in [0.1, 0.15) is 0 Å². The molecule has 1 aliphatic heterocycles. The Kier molecular flexibility index (Phi) is 5.38. The van der Waals surface area contributed by atoms with Gasteiger partial charge in [0.05, 0.1) is 0 Å². The molecule has 1 aliphatic carbocycles. The number of nitrogens with one attached hydrogen (secondary N) is 1. The van der Waals surface area contributed by atoms with E-state index < -0.39 is 0 Å². The third kappa shape index (κ3) is 3.64. The predicted octanol–water partition coefficient (Wildman–Crippen LogP) is 4.17. The maximum Gasteiger partial charge on any atom is 0.317 e. The highest BCUT2D eigenvalue weighted by molar-refractivity contribution is 5.75. The van der Waals surface area contributed by atoms with Crippen LogP contribution in [0.3, 0.4) is 0 Å². The van der Waals surface area contributed by atoms with Gasteiger partial charge in [-0.1, -0.05) is 48.3 Å². The molecular formula is C22H30N4O2. The fourth-order valence-electron chi connectivity index (χ4n) is 4.97. The van der Waals surface area contributed by atoms with E-state index in [1.165, 1.54) is 18.4 Å². The van der Waals surface area contributed by atoms with Gasteiger partial charge < -0.3 is 14.7 Å². The highest BCUT2D eigenvalue weighted by Gasteiger charge is 2.41. The fraction of sp³-hybridized carbons (Fsp3) is 0.591. The molecule has 2 aromatic rings. The van der Waals surface area contributed by atoms with Crippen molar-refractivity contribution in [3.63, 3.8) is 0 Å². The summed E-state index contributed by atoms with van der Waals surface area (Å²) >= 11 is 0. The van der Waals surface area contributed by atoms with Crippen molar-refractivity contribution in [3.8, 4) is 0 Å². The van der Waals surface area contributed by atoms with Gasteiger partial charge in [0.2, 0.25) is 5.89 Å². The SMILES string of the molecule is Cc1noc(C2CCN(C(=O)NC(C)C3(c4ccccc4)CCCC3)CC2)n1. The third-order valence-corrected chi connectivity index (χ3v) is 6.69. The van der Waals surface area contributed by atoms with Crippen LogP contribution in [0.1, 0.15) is 68.6 Å². The van der Waals surface area contributed by atoms with E-state index in [0.29, 0.717) is 11.7 Å². The van der Waals surface area contributed by atoms with E-state index in [9.17, 15) is 4.79 Å². The average Bonchev–Trinajstić information content (AvgIpc) is 3.39. The van der Waals surface area contributed by atoms with E-state index in [1.54, 1.807) is 0 Å². The summed E-state index contributed by atoms with van der Waals surface area (Å²) in [6, 6.07) is 10.9. The van der Waals surface area contributed by atoms with Gasteiger partial charge >= 0.3 is 6.03 Å². The molecule has 1 atom stereocenters. The van der Waals surface area contributed by atoms with Crippen LogP contribution in [0.15, 0.2) is 34.9 Å². The van der Waals surface area contributed by atoms with Crippen LogP contribution in [0.4, 0.5) is 4.79 Å². The summed E-state index contributed by atoms with van der Waals surface area (Å²) in [6.45, 7) is 5.46. The molecule has 0 bridgehead atoms. The Morgan fingerprint density at radius 1 is 1.21 bits per heavy atom. The number of hydrogen-bond acceptors (Lipinski definition) is 4. The first-order chi connectivity index (χ1) is 13.6. The van der Waals surface area contributed by atoms with Gasteiger partial charge in [0.15, 0.2) is 5.82 Å². The number of rotatable bonds is 4.